The Kier molecular flexibility index (Phi) is 14.1. The second-order valence-corrected chi connectivity index (χ2v) is 7.24. The van der Waals surface area contributed by atoms with Gasteiger partial charge in [-0.1, -0.05) is 51.2 Å². The Balaban J connectivity index is 4.20. The second-order valence-electron chi connectivity index (χ2n) is 7.24. The number of unbranched alkanes of at least 4 members (excludes halogenated alkanes) is 8. The van der Waals surface area contributed by atoms with Crippen LogP contribution in [0.1, 0.15) is 71.1 Å². The van der Waals surface area contributed by atoms with Crippen molar-refractivity contribution in [1.29, 1.82) is 0 Å². The number of aliphatic carboxylic acids is 3. The summed E-state index contributed by atoms with van der Waals surface area (Å²) in [7, 11) is 0. The highest BCUT2D eigenvalue weighted by Gasteiger charge is 2.35. The van der Waals surface area contributed by atoms with Gasteiger partial charge >= 0.3 is 17.9 Å². The molecule has 3 N–H and O–H groups in total. The van der Waals surface area contributed by atoms with Crippen LogP contribution >= 0.6 is 0 Å². The first-order chi connectivity index (χ1) is 12.8. The molecular weight excluding hydrogens is 350 g/mol. The molecule has 156 valence electrons. The Hall–Kier alpha value is -1.89. The first kappa shape index (κ1) is 25.1. The Morgan fingerprint density at radius 1 is 0.667 bits per heavy atom. The molecule has 0 atom stereocenters. The number of carbonyl (C=O) groups is 3. The lowest BCUT2D eigenvalue weighted by molar-refractivity contribution is -0.907. The van der Waals surface area contributed by atoms with Crippen LogP contribution in [0.2, 0.25) is 0 Å². The molecule has 0 aliphatic heterocycles. The Morgan fingerprint density at radius 2 is 1.07 bits per heavy atom. The minimum absolute atomic E-state index is 0.232. The van der Waals surface area contributed by atoms with Gasteiger partial charge in [-0.3, -0.25) is 4.48 Å². The van der Waals surface area contributed by atoms with E-state index in [4.69, 9.17) is 15.3 Å². The smallest absolute Gasteiger partial charge is 0.359 e. The molecule has 0 aromatic heterocycles. The maximum atomic E-state index is 11.1. The molecule has 0 bridgehead atoms. The highest BCUT2D eigenvalue weighted by molar-refractivity contribution is 5.73. The SMILES string of the molecule is CCCCCCCC/C=C/CCCC[N+](CC(=O)O)(CC(=O)O)CC(=O)O. The van der Waals surface area contributed by atoms with Gasteiger partial charge in [-0.05, 0) is 32.1 Å². The molecule has 7 nitrogen and oxygen atoms in total. The standard InChI is InChI=1S/C20H35NO6/c1-2-3-4-5-6-7-8-9-10-11-12-13-14-21(15-18(22)23,16-19(24)25)17-20(26)27/h9-10H,2-8,11-17H2,1H3,(H2-,22,23,24,25,26,27)/p+1/b10-9+. The minimum atomic E-state index is -1.18. The predicted octanol–water partition coefficient (Wildman–Crippen LogP) is 3.53. The van der Waals surface area contributed by atoms with Crippen LogP contribution in [0.15, 0.2) is 12.2 Å². The van der Waals surface area contributed by atoms with E-state index in [0.29, 0.717) is 6.42 Å². The van der Waals surface area contributed by atoms with Crippen molar-refractivity contribution in [1.82, 2.24) is 0 Å². The summed E-state index contributed by atoms with van der Waals surface area (Å²) in [5.74, 6) is -3.55. The summed E-state index contributed by atoms with van der Waals surface area (Å²) < 4.78 is -0.457. The molecule has 0 heterocycles. The van der Waals surface area contributed by atoms with E-state index in [1.165, 1.54) is 38.5 Å². The zero-order chi connectivity index (χ0) is 20.5. The lowest BCUT2D eigenvalue weighted by Gasteiger charge is -2.34. The minimum Gasteiger partial charge on any atom is -0.477 e. The molecular formula is C20H36NO6+. The van der Waals surface area contributed by atoms with E-state index in [0.717, 1.165) is 19.3 Å². The number of allylic oxidation sites excluding steroid dienone is 2. The Labute approximate surface area is 162 Å². The van der Waals surface area contributed by atoms with E-state index >= 15 is 0 Å². The van der Waals surface area contributed by atoms with Crippen LogP contribution in [-0.4, -0.2) is 63.9 Å². The highest BCUT2D eigenvalue weighted by Crippen LogP contribution is 2.12. The van der Waals surface area contributed by atoms with Crippen LogP contribution < -0.4 is 0 Å². The zero-order valence-electron chi connectivity index (χ0n) is 16.6. The number of rotatable bonds is 18. The predicted molar refractivity (Wildman–Crippen MR) is 104 cm³/mol. The van der Waals surface area contributed by atoms with Crippen LogP contribution in [-0.2, 0) is 14.4 Å². The largest absolute Gasteiger partial charge is 0.477 e. The first-order valence-corrected chi connectivity index (χ1v) is 9.97. The van der Waals surface area contributed by atoms with Gasteiger partial charge in [-0.15, -0.1) is 0 Å². The third-order valence-electron chi connectivity index (χ3n) is 4.56. The molecule has 0 rings (SSSR count). The van der Waals surface area contributed by atoms with E-state index in [1.807, 2.05) is 0 Å². The van der Waals surface area contributed by atoms with Crippen molar-refractivity contribution in [2.45, 2.75) is 71.1 Å². The monoisotopic (exact) mass is 386 g/mol. The van der Waals surface area contributed by atoms with Crippen molar-refractivity contribution >= 4 is 17.9 Å². The summed E-state index contributed by atoms with van der Waals surface area (Å²) in [5, 5.41) is 27.2. The van der Waals surface area contributed by atoms with Crippen LogP contribution in [0.4, 0.5) is 0 Å². The van der Waals surface area contributed by atoms with Gasteiger partial charge in [0.25, 0.3) is 0 Å². The van der Waals surface area contributed by atoms with Crippen molar-refractivity contribution in [2.75, 3.05) is 26.2 Å². The van der Waals surface area contributed by atoms with E-state index in [2.05, 4.69) is 19.1 Å². The third kappa shape index (κ3) is 14.9. The lowest BCUT2D eigenvalue weighted by Crippen LogP contribution is -2.57. The molecule has 0 saturated carbocycles. The van der Waals surface area contributed by atoms with Crippen LogP contribution in [0, 0.1) is 0 Å². The number of nitrogens with zero attached hydrogens (tertiary/aromatic N) is 1. The average Bonchev–Trinajstić information content (AvgIpc) is 2.53. The fraction of sp³-hybridized carbons (Fsp3) is 0.750. The molecule has 0 fully saturated rings. The quantitative estimate of drug-likeness (QED) is 0.189. The summed E-state index contributed by atoms with van der Waals surface area (Å²) in [6, 6.07) is 0. The molecule has 0 unspecified atom stereocenters. The average molecular weight is 387 g/mol. The van der Waals surface area contributed by atoms with Gasteiger partial charge < -0.3 is 15.3 Å². The number of carboxylic acids is 3. The molecule has 0 aromatic rings. The molecule has 27 heavy (non-hydrogen) atoms. The molecule has 0 spiro atoms. The van der Waals surface area contributed by atoms with Gasteiger partial charge in [0.05, 0.1) is 6.54 Å². The molecule has 0 amide bonds. The van der Waals surface area contributed by atoms with Crippen molar-refractivity contribution in [3.63, 3.8) is 0 Å². The fourth-order valence-corrected chi connectivity index (χ4v) is 3.25. The van der Waals surface area contributed by atoms with Crippen molar-refractivity contribution in [2.24, 2.45) is 0 Å². The maximum Gasteiger partial charge on any atom is 0.359 e. The molecule has 0 aromatic carbocycles. The van der Waals surface area contributed by atoms with Crippen molar-refractivity contribution in [3.8, 4) is 0 Å². The van der Waals surface area contributed by atoms with Crippen LogP contribution in [0.3, 0.4) is 0 Å². The summed E-state index contributed by atoms with van der Waals surface area (Å²) in [6.45, 7) is 0.957. The van der Waals surface area contributed by atoms with Crippen LogP contribution in [0.25, 0.3) is 0 Å². The van der Waals surface area contributed by atoms with Gasteiger partial charge in [0.2, 0.25) is 0 Å². The summed E-state index contributed by atoms with van der Waals surface area (Å²) >= 11 is 0. The number of quaternary nitrogens is 1. The fourth-order valence-electron chi connectivity index (χ4n) is 3.25. The second kappa shape index (κ2) is 15.2. The number of carboxylic acid groups (broad SMARTS) is 3. The topological polar surface area (TPSA) is 112 Å². The normalized spacial score (nSPS) is 11.7. The van der Waals surface area contributed by atoms with E-state index in [9.17, 15) is 14.4 Å². The van der Waals surface area contributed by atoms with Gasteiger partial charge in [0.1, 0.15) is 0 Å². The first-order valence-electron chi connectivity index (χ1n) is 9.97. The van der Waals surface area contributed by atoms with Gasteiger partial charge in [0.15, 0.2) is 19.6 Å². The summed E-state index contributed by atoms with van der Waals surface area (Å²) in [6.07, 6.45) is 15.1. The van der Waals surface area contributed by atoms with Gasteiger partial charge in [-0.25, -0.2) is 14.4 Å². The zero-order valence-corrected chi connectivity index (χ0v) is 16.6. The summed E-state index contributed by atoms with van der Waals surface area (Å²) in [5.41, 5.74) is 0. The van der Waals surface area contributed by atoms with Crippen molar-refractivity contribution in [3.05, 3.63) is 12.2 Å². The molecule has 0 radical (unpaired) electrons. The van der Waals surface area contributed by atoms with E-state index in [1.54, 1.807) is 0 Å². The number of hydrogen-bond acceptors (Lipinski definition) is 3. The number of hydrogen-bond donors (Lipinski definition) is 3. The molecule has 0 aliphatic carbocycles. The molecule has 7 heteroatoms. The summed E-state index contributed by atoms with van der Waals surface area (Å²) in [4.78, 5) is 33.3. The lowest BCUT2D eigenvalue weighted by atomic mass is 10.1. The van der Waals surface area contributed by atoms with E-state index in [-0.39, 0.29) is 6.54 Å². The van der Waals surface area contributed by atoms with Crippen molar-refractivity contribution < 1.29 is 34.2 Å². The van der Waals surface area contributed by atoms with Crippen LogP contribution in [0.5, 0.6) is 0 Å². The third-order valence-corrected chi connectivity index (χ3v) is 4.56. The maximum absolute atomic E-state index is 11.1. The Morgan fingerprint density at radius 3 is 1.52 bits per heavy atom. The van der Waals surface area contributed by atoms with E-state index < -0.39 is 42.0 Å². The highest BCUT2D eigenvalue weighted by atomic mass is 16.4. The molecule has 0 aliphatic rings. The van der Waals surface area contributed by atoms with Gasteiger partial charge in [-0.2, -0.15) is 0 Å². The Bertz CT molecular complexity index is 434. The van der Waals surface area contributed by atoms with Gasteiger partial charge in [0, 0.05) is 0 Å². The molecule has 0 saturated heterocycles.